The Labute approximate surface area is 116 Å². The van der Waals surface area contributed by atoms with Gasteiger partial charge in [0.05, 0.1) is 4.88 Å². The van der Waals surface area contributed by atoms with Crippen LogP contribution in [0.15, 0.2) is 41.8 Å². The fourth-order valence-electron chi connectivity index (χ4n) is 1.89. The zero-order chi connectivity index (χ0) is 13.7. The van der Waals surface area contributed by atoms with Gasteiger partial charge in [0.2, 0.25) is 0 Å². The monoisotopic (exact) mass is 275 g/mol. The van der Waals surface area contributed by atoms with Gasteiger partial charge in [-0.15, -0.1) is 11.3 Å². The SMILES string of the molecule is C[C@H](CCO)NC(=O)c1sccc1-c1ccccc1. The molecule has 100 valence electrons. The van der Waals surface area contributed by atoms with E-state index in [0.717, 1.165) is 16.0 Å². The van der Waals surface area contributed by atoms with E-state index in [1.165, 1.54) is 11.3 Å². The van der Waals surface area contributed by atoms with Gasteiger partial charge in [-0.1, -0.05) is 30.3 Å². The number of aliphatic hydroxyl groups is 1. The minimum Gasteiger partial charge on any atom is -0.396 e. The fraction of sp³-hybridized carbons (Fsp3) is 0.267. The molecule has 1 atom stereocenters. The molecule has 2 N–H and O–H groups in total. The van der Waals surface area contributed by atoms with Crippen molar-refractivity contribution in [2.24, 2.45) is 0 Å². The van der Waals surface area contributed by atoms with Crippen molar-refractivity contribution in [2.75, 3.05) is 6.61 Å². The van der Waals surface area contributed by atoms with E-state index in [4.69, 9.17) is 5.11 Å². The van der Waals surface area contributed by atoms with Gasteiger partial charge >= 0.3 is 0 Å². The van der Waals surface area contributed by atoms with E-state index in [2.05, 4.69) is 5.32 Å². The van der Waals surface area contributed by atoms with Crippen LogP contribution in [0.25, 0.3) is 11.1 Å². The number of rotatable bonds is 5. The van der Waals surface area contributed by atoms with Crippen molar-refractivity contribution < 1.29 is 9.90 Å². The highest BCUT2D eigenvalue weighted by Crippen LogP contribution is 2.28. The topological polar surface area (TPSA) is 49.3 Å². The number of hydrogen-bond donors (Lipinski definition) is 2. The highest BCUT2D eigenvalue weighted by molar-refractivity contribution is 7.12. The van der Waals surface area contributed by atoms with Crippen molar-refractivity contribution in [2.45, 2.75) is 19.4 Å². The molecule has 0 aliphatic rings. The Balaban J connectivity index is 2.18. The third kappa shape index (κ3) is 3.43. The number of aliphatic hydroxyl groups excluding tert-OH is 1. The summed E-state index contributed by atoms with van der Waals surface area (Å²) >= 11 is 1.44. The standard InChI is InChI=1S/C15H17NO2S/c1-11(7-9-17)16-15(18)14-13(8-10-19-14)12-5-3-2-4-6-12/h2-6,8,10-11,17H,7,9H2,1H3,(H,16,18)/t11-/m1/s1. The van der Waals surface area contributed by atoms with Crippen molar-refractivity contribution in [3.05, 3.63) is 46.7 Å². The van der Waals surface area contributed by atoms with Gasteiger partial charge in [-0.25, -0.2) is 0 Å². The Hall–Kier alpha value is -1.65. The number of hydrogen-bond acceptors (Lipinski definition) is 3. The third-order valence-electron chi connectivity index (χ3n) is 2.90. The lowest BCUT2D eigenvalue weighted by Gasteiger charge is -2.12. The van der Waals surface area contributed by atoms with Gasteiger partial charge in [0, 0.05) is 18.2 Å². The van der Waals surface area contributed by atoms with E-state index in [0.29, 0.717) is 6.42 Å². The van der Waals surface area contributed by atoms with Crippen LogP contribution >= 0.6 is 11.3 Å². The molecule has 0 saturated heterocycles. The van der Waals surface area contributed by atoms with Gasteiger partial charge in [0.25, 0.3) is 5.91 Å². The van der Waals surface area contributed by atoms with Crippen molar-refractivity contribution in [3.8, 4) is 11.1 Å². The Kier molecular flexibility index (Phi) is 4.71. The molecule has 4 heteroatoms. The Morgan fingerprint density at radius 3 is 2.74 bits per heavy atom. The predicted octanol–water partition coefficient (Wildman–Crippen LogP) is 2.92. The third-order valence-corrected chi connectivity index (χ3v) is 3.81. The van der Waals surface area contributed by atoms with Crippen LogP contribution in [0.5, 0.6) is 0 Å². The van der Waals surface area contributed by atoms with E-state index in [1.807, 2.05) is 48.7 Å². The van der Waals surface area contributed by atoms with Crippen LogP contribution < -0.4 is 5.32 Å². The minimum atomic E-state index is -0.0743. The number of benzene rings is 1. The molecule has 1 heterocycles. The van der Waals surface area contributed by atoms with Crippen molar-refractivity contribution in [3.63, 3.8) is 0 Å². The molecule has 19 heavy (non-hydrogen) atoms. The number of carbonyl (C=O) groups is 1. The second-order valence-electron chi connectivity index (χ2n) is 4.42. The van der Waals surface area contributed by atoms with E-state index < -0.39 is 0 Å². The highest BCUT2D eigenvalue weighted by Gasteiger charge is 2.16. The smallest absolute Gasteiger partial charge is 0.262 e. The first-order chi connectivity index (χ1) is 9.22. The summed E-state index contributed by atoms with van der Waals surface area (Å²) < 4.78 is 0. The number of nitrogens with one attached hydrogen (secondary N) is 1. The first-order valence-electron chi connectivity index (χ1n) is 6.27. The molecule has 0 aliphatic heterocycles. The number of amides is 1. The molecule has 0 saturated carbocycles. The molecule has 0 aliphatic carbocycles. The van der Waals surface area contributed by atoms with Crippen LogP contribution in [0.3, 0.4) is 0 Å². The lowest BCUT2D eigenvalue weighted by Crippen LogP contribution is -2.32. The lowest BCUT2D eigenvalue weighted by molar-refractivity contribution is 0.0939. The maximum Gasteiger partial charge on any atom is 0.262 e. The summed E-state index contributed by atoms with van der Waals surface area (Å²) in [7, 11) is 0. The maximum absolute atomic E-state index is 12.2. The quantitative estimate of drug-likeness (QED) is 0.881. The molecule has 3 nitrogen and oxygen atoms in total. The molecule has 1 aromatic heterocycles. The summed E-state index contributed by atoms with van der Waals surface area (Å²) in [5.41, 5.74) is 2.00. The zero-order valence-corrected chi connectivity index (χ0v) is 11.6. The summed E-state index contributed by atoms with van der Waals surface area (Å²) in [6.45, 7) is 1.97. The molecule has 0 bridgehead atoms. The summed E-state index contributed by atoms with van der Waals surface area (Å²) in [4.78, 5) is 12.9. The number of thiophene rings is 1. The van der Waals surface area contributed by atoms with Gasteiger partial charge in [-0.2, -0.15) is 0 Å². The van der Waals surface area contributed by atoms with Crippen LogP contribution in [0.1, 0.15) is 23.0 Å². The van der Waals surface area contributed by atoms with Crippen LogP contribution in [-0.2, 0) is 0 Å². The molecule has 1 amide bonds. The van der Waals surface area contributed by atoms with E-state index >= 15 is 0 Å². The van der Waals surface area contributed by atoms with Crippen LogP contribution in [0.4, 0.5) is 0 Å². The van der Waals surface area contributed by atoms with Gasteiger partial charge in [0.15, 0.2) is 0 Å². The van der Waals surface area contributed by atoms with Crippen molar-refractivity contribution in [1.82, 2.24) is 5.32 Å². The van der Waals surface area contributed by atoms with Crippen LogP contribution in [0, 0.1) is 0 Å². The van der Waals surface area contributed by atoms with Crippen LogP contribution in [0.2, 0.25) is 0 Å². The summed E-state index contributed by atoms with van der Waals surface area (Å²) in [6, 6.07) is 11.8. The molecule has 1 aromatic carbocycles. The van der Waals surface area contributed by atoms with Gasteiger partial charge in [-0.3, -0.25) is 4.79 Å². The van der Waals surface area contributed by atoms with Gasteiger partial charge < -0.3 is 10.4 Å². The molecular formula is C15H17NO2S. The zero-order valence-electron chi connectivity index (χ0n) is 10.8. The van der Waals surface area contributed by atoms with E-state index in [9.17, 15) is 4.79 Å². The first-order valence-corrected chi connectivity index (χ1v) is 7.15. The van der Waals surface area contributed by atoms with Gasteiger partial charge in [0.1, 0.15) is 0 Å². The summed E-state index contributed by atoms with van der Waals surface area (Å²) in [5, 5.41) is 13.7. The number of carbonyl (C=O) groups excluding carboxylic acids is 1. The highest BCUT2D eigenvalue weighted by atomic mass is 32.1. The fourth-order valence-corrected chi connectivity index (χ4v) is 2.70. The summed E-state index contributed by atoms with van der Waals surface area (Å²) in [5.74, 6) is -0.0743. The second-order valence-corrected chi connectivity index (χ2v) is 5.33. The minimum absolute atomic E-state index is 0.0248. The second kappa shape index (κ2) is 6.50. The predicted molar refractivity (Wildman–Crippen MR) is 78.4 cm³/mol. The van der Waals surface area contributed by atoms with Crippen LogP contribution in [-0.4, -0.2) is 23.7 Å². The average Bonchev–Trinajstić information content (AvgIpc) is 2.89. The molecule has 0 unspecified atom stereocenters. The molecule has 2 rings (SSSR count). The maximum atomic E-state index is 12.2. The molecule has 0 spiro atoms. The largest absolute Gasteiger partial charge is 0.396 e. The Morgan fingerprint density at radius 2 is 2.05 bits per heavy atom. The lowest BCUT2D eigenvalue weighted by atomic mass is 10.1. The Morgan fingerprint density at radius 1 is 1.32 bits per heavy atom. The normalized spacial score (nSPS) is 12.1. The molecular weight excluding hydrogens is 258 g/mol. The van der Waals surface area contributed by atoms with E-state index in [1.54, 1.807) is 0 Å². The summed E-state index contributed by atoms with van der Waals surface area (Å²) in [6.07, 6.45) is 0.567. The first kappa shape index (κ1) is 13.8. The molecule has 2 aromatic rings. The molecule has 0 fully saturated rings. The van der Waals surface area contributed by atoms with E-state index in [-0.39, 0.29) is 18.6 Å². The molecule has 0 radical (unpaired) electrons. The average molecular weight is 275 g/mol. The Bertz CT molecular complexity index is 536. The van der Waals surface area contributed by atoms with Crippen molar-refractivity contribution >= 4 is 17.2 Å². The van der Waals surface area contributed by atoms with Gasteiger partial charge in [-0.05, 0) is 30.4 Å². The van der Waals surface area contributed by atoms with Crippen molar-refractivity contribution in [1.29, 1.82) is 0 Å².